The Morgan fingerprint density at radius 1 is 1.15 bits per heavy atom. The number of pyridine rings is 1. The molecule has 0 N–H and O–H groups in total. The van der Waals surface area contributed by atoms with Gasteiger partial charge in [-0.2, -0.15) is 9.36 Å². The summed E-state index contributed by atoms with van der Waals surface area (Å²) in [7, 11) is 0. The molecule has 4 rings (SSSR count). The first-order valence-corrected chi connectivity index (χ1v) is 6.66. The molecule has 3 aromatic rings. The van der Waals surface area contributed by atoms with Crippen molar-refractivity contribution < 1.29 is 0 Å². The zero-order chi connectivity index (χ0) is 13.5. The molecule has 1 aliphatic carbocycles. The zero-order valence-corrected chi connectivity index (χ0v) is 10.8. The average Bonchev–Trinajstić information content (AvgIpc) is 3.25. The van der Waals surface area contributed by atoms with Gasteiger partial charge < -0.3 is 0 Å². The van der Waals surface area contributed by atoms with Crippen LogP contribution in [0.4, 0.5) is 0 Å². The highest BCUT2D eigenvalue weighted by Gasteiger charge is 2.27. The van der Waals surface area contributed by atoms with E-state index in [9.17, 15) is 4.79 Å². The molecule has 6 heteroatoms. The van der Waals surface area contributed by atoms with Gasteiger partial charge >= 0.3 is 5.69 Å². The van der Waals surface area contributed by atoms with E-state index in [2.05, 4.69) is 21.5 Å². The number of benzene rings is 1. The van der Waals surface area contributed by atoms with E-state index in [1.165, 1.54) is 9.36 Å². The van der Waals surface area contributed by atoms with E-state index in [4.69, 9.17) is 0 Å². The van der Waals surface area contributed by atoms with E-state index >= 15 is 0 Å². The van der Waals surface area contributed by atoms with Crippen LogP contribution in [-0.4, -0.2) is 24.8 Å². The van der Waals surface area contributed by atoms with Crippen LogP contribution in [0.3, 0.4) is 0 Å². The lowest BCUT2D eigenvalue weighted by molar-refractivity contribution is 0.593. The Kier molecular flexibility index (Phi) is 2.42. The molecule has 0 bridgehead atoms. The van der Waals surface area contributed by atoms with Crippen molar-refractivity contribution in [3.63, 3.8) is 0 Å². The molecular formula is C14H13N5O. The molecule has 0 atom stereocenters. The normalized spacial score (nSPS) is 14.8. The molecule has 0 saturated heterocycles. The first-order chi connectivity index (χ1) is 9.81. The van der Waals surface area contributed by atoms with Crippen molar-refractivity contribution in [3.05, 3.63) is 52.7 Å². The highest BCUT2D eigenvalue weighted by atomic mass is 16.2. The van der Waals surface area contributed by atoms with Crippen molar-refractivity contribution >= 4 is 10.8 Å². The predicted octanol–water partition coefficient (Wildman–Crippen LogP) is 1.37. The number of fused-ring (bicyclic) bond motifs is 1. The molecule has 1 saturated carbocycles. The summed E-state index contributed by atoms with van der Waals surface area (Å²) >= 11 is 0. The van der Waals surface area contributed by atoms with Gasteiger partial charge in [0.15, 0.2) is 0 Å². The van der Waals surface area contributed by atoms with Gasteiger partial charge in [0.2, 0.25) is 0 Å². The number of hydrogen-bond acceptors (Lipinski definition) is 4. The summed E-state index contributed by atoms with van der Waals surface area (Å²) in [5.74, 6) is 0. The van der Waals surface area contributed by atoms with E-state index < -0.39 is 0 Å². The fourth-order valence-electron chi connectivity index (χ4n) is 2.34. The molecule has 2 heterocycles. The average molecular weight is 267 g/mol. The van der Waals surface area contributed by atoms with Crippen LogP contribution < -0.4 is 5.69 Å². The lowest BCUT2D eigenvalue weighted by Gasteiger charge is -2.02. The number of aromatic nitrogens is 5. The summed E-state index contributed by atoms with van der Waals surface area (Å²) in [6.07, 6.45) is 5.65. The Balaban J connectivity index is 1.68. The molecule has 20 heavy (non-hydrogen) atoms. The SMILES string of the molecule is O=c1n(Cc2ccc3cnccc3c2)nnn1C1CC1. The van der Waals surface area contributed by atoms with E-state index in [1.54, 1.807) is 6.20 Å². The van der Waals surface area contributed by atoms with Crippen molar-refractivity contribution in [2.45, 2.75) is 25.4 Å². The van der Waals surface area contributed by atoms with Crippen LogP contribution in [0.5, 0.6) is 0 Å². The second kappa shape index (κ2) is 4.26. The quantitative estimate of drug-likeness (QED) is 0.719. The Hall–Kier alpha value is -2.50. The van der Waals surface area contributed by atoms with Crippen molar-refractivity contribution in [1.29, 1.82) is 0 Å². The van der Waals surface area contributed by atoms with Gasteiger partial charge in [-0.15, -0.1) is 0 Å². The number of hydrogen-bond donors (Lipinski definition) is 0. The molecule has 1 aromatic carbocycles. The van der Waals surface area contributed by atoms with Crippen LogP contribution in [-0.2, 0) is 6.54 Å². The Morgan fingerprint density at radius 2 is 2.05 bits per heavy atom. The lowest BCUT2D eigenvalue weighted by atomic mass is 10.1. The van der Waals surface area contributed by atoms with Gasteiger partial charge in [-0.1, -0.05) is 12.1 Å². The van der Waals surface area contributed by atoms with Gasteiger partial charge in [-0.3, -0.25) is 4.98 Å². The number of rotatable bonds is 3. The van der Waals surface area contributed by atoms with Gasteiger partial charge in [0, 0.05) is 17.8 Å². The largest absolute Gasteiger partial charge is 0.364 e. The monoisotopic (exact) mass is 267 g/mol. The van der Waals surface area contributed by atoms with E-state index in [0.717, 1.165) is 29.2 Å². The Morgan fingerprint density at radius 3 is 2.90 bits per heavy atom. The summed E-state index contributed by atoms with van der Waals surface area (Å²) < 4.78 is 2.91. The fourth-order valence-corrected chi connectivity index (χ4v) is 2.34. The van der Waals surface area contributed by atoms with Crippen LogP contribution >= 0.6 is 0 Å². The second-order valence-corrected chi connectivity index (χ2v) is 5.15. The lowest BCUT2D eigenvalue weighted by Crippen LogP contribution is -2.25. The highest BCUT2D eigenvalue weighted by molar-refractivity contribution is 5.81. The fraction of sp³-hybridized carbons (Fsp3) is 0.286. The van der Waals surface area contributed by atoms with Crippen molar-refractivity contribution in [2.24, 2.45) is 0 Å². The standard InChI is InChI=1S/C14H13N5O/c20-14-18(16-17-19(14)13-3-4-13)9-10-1-2-12-8-15-6-5-11(12)7-10/h1-2,5-8,13H,3-4,9H2. The molecule has 1 fully saturated rings. The molecule has 6 nitrogen and oxygen atoms in total. The van der Waals surface area contributed by atoms with Gasteiger partial charge in [-0.05, 0) is 46.4 Å². The van der Waals surface area contributed by atoms with Crippen LogP contribution in [0.25, 0.3) is 10.8 Å². The van der Waals surface area contributed by atoms with E-state index in [0.29, 0.717) is 6.54 Å². The molecule has 0 radical (unpaired) electrons. The van der Waals surface area contributed by atoms with Gasteiger partial charge in [0.1, 0.15) is 0 Å². The number of tetrazole rings is 1. The maximum atomic E-state index is 12.1. The summed E-state index contributed by atoms with van der Waals surface area (Å²) in [5.41, 5.74) is 0.913. The van der Waals surface area contributed by atoms with Crippen LogP contribution in [0.1, 0.15) is 24.4 Å². The molecular weight excluding hydrogens is 254 g/mol. The van der Waals surface area contributed by atoms with Gasteiger partial charge in [0.25, 0.3) is 0 Å². The Labute approximate surface area is 114 Å². The summed E-state index contributed by atoms with van der Waals surface area (Å²) in [4.78, 5) is 16.2. The molecule has 0 spiro atoms. The molecule has 1 aliphatic rings. The predicted molar refractivity (Wildman–Crippen MR) is 73.4 cm³/mol. The third-order valence-electron chi connectivity index (χ3n) is 3.59. The van der Waals surface area contributed by atoms with Crippen molar-refractivity contribution in [3.8, 4) is 0 Å². The molecule has 2 aromatic heterocycles. The second-order valence-electron chi connectivity index (χ2n) is 5.15. The maximum absolute atomic E-state index is 12.1. The first-order valence-electron chi connectivity index (χ1n) is 6.66. The minimum Gasteiger partial charge on any atom is -0.264 e. The minimum atomic E-state index is -0.123. The van der Waals surface area contributed by atoms with E-state index in [-0.39, 0.29) is 11.7 Å². The number of nitrogens with zero attached hydrogens (tertiary/aromatic N) is 5. The van der Waals surface area contributed by atoms with E-state index in [1.807, 2.05) is 24.4 Å². The van der Waals surface area contributed by atoms with Crippen molar-refractivity contribution in [2.75, 3.05) is 0 Å². The zero-order valence-electron chi connectivity index (χ0n) is 10.8. The van der Waals surface area contributed by atoms with Gasteiger partial charge in [-0.25, -0.2) is 4.79 Å². The first kappa shape index (κ1) is 11.3. The third-order valence-corrected chi connectivity index (χ3v) is 3.59. The van der Waals surface area contributed by atoms with Gasteiger partial charge in [0.05, 0.1) is 12.6 Å². The maximum Gasteiger partial charge on any atom is 0.364 e. The van der Waals surface area contributed by atoms with Crippen LogP contribution in [0.2, 0.25) is 0 Å². The highest BCUT2D eigenvalue weighted by Crippen LogP contribution is 2.32. The summed E-state index contributed by atoms with van der Waals surface area (Å²) in [6.45, 7) is 0.448. The Bertz CT molecular complexity index is 831. The molecule has 0 aliphatic heterocycles. The van der Waals surface area contributed by atoms with Crippen LogP contribution in [0.15, 0.2) is 41.5 Å². The minimum absolute atomic E-state index is 0.123. The molecule has 0 unspecified atom stereocenters. The summed E-state index contributed by atoms with van der Waals surface area (Å²) in [5, 5.41) is 10.1. The van der Waals surface area contributed by atoms with Crippen molar-refractivity contribution in [1.82, 2.24) is 24.8 Å². The molecule has 100 valence electrons. The summed E-state index contributed by atoms with van der Waals surface area (Å²) in [6, 6.07) is 8.28. The van der Waals surface area contributed by atoms with Crippen LogP contribution in [0, 0.1) is 0 Å². The molecule has 0 amide bonds. The smallest absolute Gasteiger partial charge is 0.264 e. The topological polar surface area (TPSA) is 65.6 Å². The third kappa shape index (κ3) is 1.89.